The van der Waals surface area contributed by atoms with Crippen LogP contribution >= 0.6 is 22.7 Å². The molecule has 3 nitrogen and oxygen atoms in total. The van der Waals surface area contributed by atoms with Crippen molar-refractivity contribution in [3.05, 3.63) is 261 Å². The van der Waals surface area contributed by atoms with Crippen LogP contribution in [0.2, 0.25) is 0 Å². The molecule has 2 aromatic heterocycles. The molecule has 326 valence electrons. The van der Waals surface area contributed by atoms with Crippen molar-refractivity contribution in [2.24, 2.45) is 0 Å². The first-order chi connectivity index (χ1) is 34.2. The highest BCUT2D eigenvalue weighted by Gasteiger charge is 2.21. The second-order valence-corrected chi connectivity index (χ2v) is 19.5. The maximum atomic E-state index is 2.42. The molecular weight excluding hydrogens is 875 g/mol. The van der Waals surface area contributed by atoms with Crippen LogP contribution in [0.5, 0.6) is 0 Å². The molecule has 0 radical (unpaired) electrons. The average Bonchev–Trinajstić information content (AvgIpc) is 3.98. The summed E-state index contributed by atoms with van der Waals surface area (Å²) in [6.07, 6.45) is 0. The Kier molecular flexibility index (Phi) is 10.2. The largest absolute Gasteiger partial charge is 0.310 e. The quantitative estimate of drug-likeness (QED) is 0.135. The van der Waals surface area contributed by atoms with E-state index in [0.717, 1.165) is 56.7 Å². The SMILES string of the molecule is c1ccc(N(c2ccccc2)c2cccc(N(c3cccc(-c4ccc5sc6ccc(N(c7ccccc7)c7cccc8ccccc78)cc6c5c4)c3)c3ccc4sc5ccccc5c4c3)c2)cc1. The first kappa shape index (κ1) is 40.8. The number of hydrogen-bond donors (Lipinski definition) is 0. The Hall–Kier alpha value is -8.48. The zero-order chi connectivity index (χ0) is 45.7. The maximum Gasteiger partial charge on any atom is 0.0540 e. The fourth-order valence-corrected chi connectivity index (χ4v) is 12.1. The van der Waals surface area contributed by atoms with Gasteiger partial charge in [-0.3, -0.25) is 0 Å². The fourth-order valence-electron chi connectivity index (χ4n) is 9.99. The van der Waals surface area contributed by atoms with Gasteiger partial charge in [0.25, 0.3) is 0 Å². The van der Waals surface area contributed by atoms with E-state index in [1.165, 1.54) is 56.7 Å². The topological polar surface area (TPSA) is 9.72 Å². The third-order valence-corrected chi connectivity index (χ3v) is 15.5. The Bertz CT molecular complexity index is 3950. The molecule has 0 atom stereocenters. The number of benzene rings is 11. The number of fused-ring (bicyclic) bond motifs is 7. The maximum absolute atomic E-state index is 2.42. The summed E-state index contributed by atoms with van der Waals surface area (Å²) in [5, 5.41) is 7.49. The Morgan fingerprint density at radius 1 is 0.217 bits per heavy atom. The zero-order valence-electron chi connectivity index (χ0n) is 37.5. The van der Waals surface area contributed by atoms with E-state index in [4.69, 9.17) is 0 Å². The molecule has 0 bridgehead atoms. The molecule has 0 unspecified atom stereocenters. The van der Waals surface area contributed by atoms with Gasteiger partial charge in [0.05, 0.1) is 5.69 Å². The molecule has 69 heavy (non-hydrogen) atoms. The summed E-state index contributed by atoms with van der Waals surface area (Å²) in [4.78, 5) is 7.15. The van der Waals surface area contributed by atoms with Gasteiger partial charge >= 0.3 is 0 Å². The molecule has 0 saturated heterocycles. The Morgan fingerprint density at radius 2 is 0.623 bits per heavy atom. The van der Waals surface area contributed by atoms with Crippen molar-refractivity contribution in [1.29, 1.82) is 0 Å². The van der Waals surface area contributed by atoms with Crippen molar-refractivity contribution in [1.82, 2.24) is 0 Å². The second kappa shape index (κ2) is 17.3. The van der Waals surface area contributed by atoms with Gasteiger partial charge in [-0.1, -0.05) is 133 Å². The van der Waals surface area contributed by atoms with Gasteiger partial charge in [0.2, 0.25) is 0 Å². The Balaban J connectivity index is 0.947. The summed E-state index contributed by atoms with van der Waals surface area (Å²) in [5.74, 6) is 0. The van der Waals surface area contributed by atoms with Gasteiger partial charge in [-0.15, -0.1) is 22.7 Å². The molecule has 0 aliphatic carbocycles. The minimum absolute atomic E-state index is 1.07. The van der Waals surface area contributed by atoms with E-state index in [2.05, 4.69) is 276 Å². The molecule has 2 heterocycles. The van der Waals surface area contributed by atoms with Crippen molar-refractivity contribution in [2.75, 3.05) is 14.7 Å². The molecule has 5 heteroatoms. The molecule has 0 aliphatic rings. The lowest BCUT2D eigenvalue weighted by Gasteiger charge is -2.29. The van der Waals surface area contributed by atoms with Crippen LogP contribution in [0.25, 0.3) is 62.2 Å². The van der Waals surface area contributed by atoms with Crippen LogP contribution in [0.1, 0.15) is 0 Å². The van der Waals surface area contributed by atoms with E-state index >= 15 is 0 Å². The van der Waals surface area contributed by atoms with E-state index in [9.17, 15) is 0 Å². The summed E-state index contributed by atoms with van der Waals surface area (Å²) in [5.41, 5.74) is 12.3. The van der Waals surface area contributed by atoms with Crippen LogP contribution in [0.15, 0.2) is 261 Å². The van der Waals surface area contributed by atoms with Crippen molar-refractivity contribution in [3.8, 4) is 11.1 Å². The Labute approximate surface area is 409 Å². The average molecular weight is 918 g/mol. The van der Waals surface area contributed by atoms with Gasteiger partial charge in [-0.25, -0.2) is 0 Å². The van der Waals surface area contributed by atoms with Gasteiger partial charge < -0.3 is 14.7 Å². The standard InChI is InChI=1S/C64H43N3S2/c1-4-20-47(21-5-1)65(48-22-6-2-7-23-48)51-27-16-28-52(41-51)66(53-34-37-63-58(42-53)56-30-12-13-32-61(56)68-63)50-26-14-19-45(39-50)46-33-36-62-57(40-46)59-43-54(35-38-64(59)69-62)67(49-24-8-3-9-25-49)60-31-15-18-44-17-10-11-29-55(44)60/h1-43H. The second-order valence-electron chi connectivity index (χ2n) is 17.4. The zero-order valence-corrected chi connectivity index (χ0v) is 39.1. The number of anilines is 9. The van der Waals surface area contributed by atoms with Crippen molar-refractivity contribution in [2.45, 2.75) is 0 Å². The van der Waals surface area contributed by atoms with E-state index in [1.807, 2.05) is 22.7 Å². The summed E-state index contributed by atoms with van der Waals surface area (Å²) in [6, 6.07) is 94.9. The Morgan fingerprint density at radius 3 is 1.29 bits per heavy atom. The smallest absolute Gasteiger partial charge is 0.0540 e. The highest BCUT2D eigenvalue weighted by molar-refractivity contribution is 7.26. The lowest BCUT2D eigenvalue weighted by atomic mass is 10.0. The van der Waals surface area contributed by atoms with Crippen LogP contribution < -0.4 is 14.7 Å². The van der Waals surface area contributed by atoms with E-state index in [0.29, 0.717) is 0 Å². The highest BCUT2D eigenvalue weighted by atomic mass is 32.1. The summed E-state index contributed by atoms with van der Waals surface area (Å²) in [6.45, 7) is 0. The van der Waals surface area contributed by atoms with Crippen molar-refractivity contribution < 1.29 is 0 Å². The van der Waals surface area contributed by atoms with Crippen molar-refractivity contribution in [3.63, 3.8) is 0 Å². The molecule has 0 aliphatic heterocycles. The monoisotopic (exact) mass is 917 g/mol. The molecule has 0 fully saturated rings. The minimum atomic E-state index is 1.07. The van der Waals surface area contributed by atoms with E-state index in [1.54, 1.807) is 0 Å². The third-order valence-electron chi connectivity index (χ3n) is 13.2. The van der Waals surface area contributed by atoms with E-state index in [-0.39, 0.29) is 0 Å². The van der Waals surface area contributed by atoms with Crippen LogP contribution in [-0.4, -0.2) is 0 Å². The van der Waals surface area contributed by atoms with E-state index < -0.39 is 0 Å². The number of para-hydroxylation sites is 3. The first-order valence-corrected chi connectivity index (χ1v) is 24.9. The number of thiophene rings is 2. The normalized spacial score (nSPS) is 11.5. The molecule has 0 N–H and O–H groups in total. The van der Waals surface area contributed by atoms with Gasteiger partial charge in [-0.05, 0) is 144 Å². The predicted molar refractivity (Wildman–Crippen MR) is 299 cm³/mol. The molecule has 0 spiro atoms. The third kappa shape index (κ3) is 7.46. The van der Waals surface area contributed by atoms with Crippen molar-refractivity contribution >= 4 is 125 Å². The minimum Gasteiger partial charge on any atom is -0.310 e. The number of rotatable bonds is 10. The number of nitrogens with zero attached hydrogens (tertiary/aromatic N) is 3. The number of hydrogen-bond acceptors (Lipinski definition) is 5. The highest BCUT2D eigenvalue weighted by Crippen LogP contribution is 2.46. The summed E-state index contributed by atoms with van der Waals surface area (Å²) >= 11 is 3.71. The molecule has 0 amide bonds. The van der Waals surface area contributed by atoms with Crippen LogP contribution in [-0.2, 0) is 0 Å². The molecular formula is C64H43N3S2. The molecule has 11 aromatic carbocycles. The molecule has 0 saturated carbocycles. The van der Waals surface area contributed by atoms with Crippen LogP contribution in [0.3, 0.4) is 0 Å². The van der Waals surface area contributed by atoms with Gasteiger partial charge in [-0.2, -0.15) is 0 Å². The van der Waals surface area contributed by atoms with Crippen LogP contribution in [0, 0.1) is 0 Å². The predicted octanol–water partition coefficient (Wildman–Crippen LogP) is 19.7. The lowest BCUT2D eigenvalue weighted by Crippen LogP contribution is -2.13. The first-order valence-electron chi connectivity index (χ1n) is 23.3. The fraction of sp³-hybridized carbons (Fsp3) is 0. The molecule has 13 aromatic rings. The summed E-state index contributed by atoms with van der Waals surface area (Å²) in [7, 11) is 0. The lowest BCUT2D eigenvalue weighted by molar-refractivity contribution is 1.25. The van der Waals surface area contributed by atoms with Crippen LogP contribution in [0.4, 0.5) is 51.2 Å². The van der Waals surface area contributed by atoms with Gasteiger partial charge in [0.1, 0.15) is 0 Å². The van der Waals surface area contributed by atoms with Gasteiger partial charge in [0.15, 0.2) is 0 Å². The summed E-state index contributed by atoms with van der Waals surface area (Å²) < 4.78 is 5.12. The van der Waals surface area contributed by atoms with Gasteiger partial charge in [0, 0.05) is 91.2 Å². The molecule has 13 rings (SSSR count).